The van der Waals surface area contributed by atoms with Crippen molar-refractivity contribution in [2.45, 2.75) is 6.42 Å². The Morgan fingerprint density at radius 3 is 3.06 bits per heavy atom. The molecular weight excluding hydrogens is 238 g/mol. The summed E-state index contributed by atoms with van der Waals surface area (Å²) in [5, 5.41) is 0.691. The van der Waals surface area contributed by atoms with Crippen LogP contribution < -0.4 is 10.5 Å². The number of hydrogen-bond acceptors (Lipinski definition) is 3. The van der Waals surface area contributed by atoms with Crippen LogP contribution in [0.15, 0.2) is 24.3 Å². The van der Waals surface area contributed by atoms with Gasteiger partial charge in [0.1, 0.15) is 5.75 Å². The minimum Gasteiger partial charge on any atom is -0.493 e. The highest BCUT2D eigenvalue weighted by Crippen LogP contribution is 2.23. The molecule has 1 aromatic rings. The predicted molar refractivity (Wildman–Crippen MR) is 68.4 cm³/mol. The third-order valence-electron chi connectivity index (χ3n) is 3.19. The van der Waals surface area contributed by atoms with E-state index in [-0.39, 0.29) is 0 Å². The molecule has 0 saturated carbocycles. The Morgan fingerprint density at radius 1 is 1.53 bits per heavy atom. The van der Waals surface area contributed by atoms with Crippen molar-refractivity contribution in [2.24, 2.45) is 17.6 Å². The van der Waals surface area contributed by atoms with E-state index in [0.717, 1.165) is 25.4 Å². The SMILES string of the molecule is NCC(COc1cccc(Cl)c1)C1CCOC1. The molecule has 2 rings (SSSR count). The van der Waals surface area contributed by atoms with Crippen LogP contribution in [0.4, 0.5) is 0 Å². The highest BCUT2D eigenvalue weighted by Gasteiger charge is 2.25. The van der Waals surface area contributed by atoms with Crippen molar-refractivity contribution in [1.29, 1.82) is 0 Å². The summed E-state index contributed by atoms with van der Waals surface area (Å²) in [5.74, 6) is 1.69. The first kappa shape index (κ1) is 12.7. The Bertz CT molecular complexity index is 353. The maximum absolute atomic E-state index is 5.90. The molecule has 0 bridgehead atoms. The van der Waals surface area contributed by atoms with E-state index in [9.17, 15) is 0 Å². The molecule has 1 aliphatic rings. The van der Waals surface area contributed by atoms with E-state index < -0.39 is 0 Å². The molecule has 1 aromatic carbocycles. The van der Waals surface area contributed by atoms with E-state index in [1.807, 2.05) is 24.3 Å². The summed E-state index contributed by atoms with van der Waals surface area (Å²) in [6.45, 7) is 2.92. The zero-order chi connectivity index (χ0) is 12.1. The molecule has 1 saturated heterocycles. The summed E-state index contributed by atoms with van der Waals surface area (Å²) in [6, 6.07) is 7.44. The van der Waals surface area contributed by atoms with Crippen LogP contribution in [0.25, 0.3) is 0 Å². The monoisotopic (exact) mass is 255 g/mol. The van der Waals surface area contributed by atoms with E-state index in [0.29, 0.717) is 30.0 Å². The molecule has 2 unspecified atom stereocenters. The van der Waals surface area contributed by atoms with Gasteiger partial charge in [0.25, 0.3) is 0 Å². The van der Waals surface area contributed by atoms with Crippen molar-refractivity contribution in [1.82, 2.24) is 0 Å². The second kappa shape index (κ2) is 6.24. The molecule has 3 nitrogen and oxygen atoms in total. The van der Waals surface area contributed by atoms with Crippen LogP contribution in [0.3, 0.4) is 0 Å². The standard InChI is InChI=1S/C13H18ClNO2/c14-12-2-1-3-13(6-12)17-9-11(7-15)10-4-5-16-8-10/h1-3,6,10-11H,4-5,7-9,15H2. The molecule has 2 N–H and O–H groups in total. The Labute approximate surface area is 107 Å². The van der Waals surface area contributed by atoms with Crippen molar-refractivity contribution < 1.29 is 9.47 Å². The lowest BCUT2D eigenvalue weighted by atomic mass is 9.92. The average Bonchev–Trinajstić information content (AvgIpc) is 2.84. The lowest BCUT2D eigenvalue weighted by molar-refractivity contribution is 0.150. The fourth-order valence-electron chi connectivity index (χ4n) is 2.08. The molecule has 1 heterocycles. The second-order valence-corrected chi connectivity index (χ2v) is 4.82. The van der Waals surface area contributed by atoms with Gasteiger partial charge in [-0.15, -0.1) is 0 Å². The molecule has 2 atom stereocenters. The van der Waals surface area contributed by atoms with Crippen LogP contribution in [0, 0.1) is 11.8 Å². The van der Waals surface area contributed by atoms with E-state index in [1.54, 1.807) is 0 Å². The highest BCUT2D eigenvalue weighted by molar-refractivity contribution is 6.30. The van der Waals surface area contributed by atoms with E-state index >= 15 is 0 Å². The minimum absolute atomic E-state index is 0.358. The summed E-state index contributed by atoms with van der Waals surface area (Å²) in [4.78, 5) is 0. The zero-order valence-electron chi connectivity index (χ0n) is 9.77. The fraction of sp³-hybridized carbons (Fsp3) is 0.538. The quantitative estimate of drug-likeness (QED) is 0.878. The third kappa shape index (κ3) is 3.60. The molecule has 94 valence electrons. The Balaban J connectivity index is 1.87. The lowest BCUT2D eigenvalue weighted by Crippen LogP contribution is -2.29. The number of halogens is 1. The van der Waals surface area contributed by atoms with Gasteiger partial charge in [-0.3, -0.25) is 0 Å². The van der Waals surface area contributed by atoms with Crippen molar-refractivity contribution in [3.63, 3.8) is 0 Å². The molecule has 1 aliphatic heterocycles. The van der Waals surface area contributed by atoms with Crippen molar-refractivity contribution in [3.8, 4) is 5.75 Å². The minimum atomic E-state index is 0.358. The van der Waals surface area contributed by atoms with Crippen molar-refractivity contribution >= 4 is 11.6 Å². The topological polar surface area (TPSA) is 44.5 Å². The molecular formula is C13H18ClNO2. The Kier molecular flexibility index (Phi) is 4.66. The van der Waals surface area contributed by atoms with Crippen molar-refractivity contribution in [3.05, 3.63) is 29.3 Å². The van der Waals surface area contributed by atoms with Crippen LogP contribution >= 0.6 is 11.6 Å². The number of nitrogens with two attached hydrogens (primary N) is 1. The summed E-state index contributed by atoms with van der Waals surface area (Å²) < 4.78 is 11.1. The zero-order valence-corrected chi connectivity index (χ0v) is 10.5. The fourth-order valence-corrected chi connectivity index (χ4v) is 2.26. The van der Waals surface area contributed by atoms with E-state index in [2.05, 4.69) is 0 Å². The normalized spacial score (nSPS) is 21.4. The molecule has 4 heteroatoms. The smallest absolute Gasteiger partial charge is 0.120 e. The first-order valence-corrected chi connectivity index (χ1v) is 6.33. The van der Waals surface area contributed by atoms with Gasteiger partial charge in [0.2, 0.25) is 0 Å². The number of benzene rings is 1. The first-order chi connectivity index (χ1) is 8.29. The molecule has 0 amide bonds. The third-order valence-corrected chi connectivity index (χ3v) is 3.43. The largest absolute Gasteiger partial charge is 0.493 e. The molecule has 17 heavy (non-hydrogen) atoms. The van der Waals surface area contributed by atoms with Crippen LogP contribution in [-0.2, 0) is 4.74 Å². The maximum Gasteiger partial charge on any atom is 0.120 e. The first-order valence-electron chi connectivity index (χ1n) is 5.96. The van der Waals surface area contributed by atoms with Gasteiger partial charge in [0.15, 0.2) is 0 Å². The molecule has 0 spiro atoms. The van der Waals surface area contributed by atoms with Crippen LogP contribution in [0.2, 0.25) is 5.02 Å². The molecule has 0 aliphatic carbocycles. The van der Waals surface area contributed by atoms with Gasteiger partial charge in [-0.2, -0.15) is 0 Å². The van der Waals surface area contributed by atoms with Crippen LogP contribution in [-0.4, -0.2) is 26.4 Å². The summed E-state index contributed by atoms with van der Waals surface area (Å²) in [6.07, 6.45) is 1.08. The number of ether oxygens (including phenoxy) is 2. The summed E-state index contributed by atoms with van der Waals surface area (Å²) in [7, 11) is 0. The predicted octanol–water partition coefficient (Wildman–Crippen LogP) is 2.33. The van der Waals surface area contributed by atoms with Gasteiger partial charge < -0.3 is 15.2 Å². The molecule has 0 aromatic heterocycles. The molecule has 1 fully saturated rings. The number of hydrogen-bond donors (Lipinski definition) is 1. The molecule has 0 radical (unpaired) electrons. The highest BCUT2D eigenvalue weighted by atomic mass is 35.5. The van der Waals surface area contributed by atoms with E-state index in [4.69, 9.17) is 26.8 Å². The van der Waals surface area contributed by atoms with Crippen molar-refractivity contribution in [2.75, 3.05) is 26.4 Å². The van der Waals surface area contributed by atoms with Gasteiger partial charge in [-0.25, -0.2) is 0 Å². The Morgan fingerprint density at radius 2 is 2.41 bits per heavy atom. The van der Waals surface area contributed by atoms with Gasteiger partial charge >= 0.3 is 0 Å². The number of rotatable bonds is 5. The van der Waals surface area contributed by atoms with Gasteiger partial charge in [0, 0.05) is 24.2 Å². The van der Waals surface area contributed by atoms with Crippen LogP contribution in [0.5, 0.6) is 5.75 Å². The lowest BCUT2D eigenvalue weighted by Gasteiger charge is -2.20. The second-order valence-electron chi connectivity index (χ2n) is 4.39. The summed E-state index contributed by atoms with van der Waals surface area (Å²) >= 11 is 5.90. The Hall–Kier alpha value is -0.770. The van der Waals surface area contributed by atoms with E-state index in [1.165, 1.54) is 0 Å². The maximum atomic E-state index is 5.90. The van der Waals surface area contributed by atoms with Crippen LogP contribution in [0.1, 0.15) is 6.42 Å². The van der Waals surface area contributed by atoms with Gasteiger partial charge in [0.05, 0.1) is 6.61 Å². The van der Waals surface area contributed by atoms with Gasteiger partial charge in [-0.1, -0.05) is 17.7 Å². The van der Waals surface area contributed by atoms with Gasteiger partial charge in [-0.05, 0) is 37.1 Å². The summed E-state index contributed by atoms with van der Waals surface area (Å²) in [5.41, 5.74) is 5.79. The average molecular weight is 256 g/mol.